The van der Waals surface area contributed by atoms with Crippen molar-refractivity contribution in [3.63, 3.8) is 0 Å². The maximum absolute atomic E-state index is 13.1. The summed E-state index contributed by atoms with van der Waals surface area (Å²) >= 11 is 3.88. The largest absolute Gasteiger partial charge is 0.543 e. The minimum absolute atomic E-state index is 0.0393. The predicted octanol–water partition coefficient (Wildman–Crippen LogP) is -1.41. The quantitative estimate of drug-likeness (QED) is 0.0766. The Kier molecular flexibility index (Phi) is 8.24. The number of fused-ring (bicyclic) bond motifs is 2. The fourth-order valence-corrected chi connectivity index (χ4v) is 6.76. The van der Waals surface area contributed by atoms with Gasteiger partial charge in [-0.05, 0) is 13.0 Å². The Labute approximate surface area is 239 Å². The third-order valence-electron chi connectivity index (χ3n) is 5.99. The van der Waals surface area contributed by atoms with Crippen LogP contribution in [0.15, 0.2) is 51.4 Å². The molecule has 3 aromatic rings. The molecule has 0 spiro atoms. The Morgan fingerprint density at radius 2 is 2.25 bits per heavy atom. The molecule has 0 bridgehead atoms. The Morgan fingerprint density at radius 3 is 2.95 bits per heavy atom. The van der Waals surface area contributed by atoms with Crippen molar-refractivity contribution >= 4 is 69.1 Å². The predicted molar refractivity (Wildman–Crippen MR) is 145 cm³/mol. The van der Waals surface area contributed by atoms with E-state index in [9.17, 15) is 19.5 Å². The van der Waals surface area contributed by atoms with Crippen molar-refractivity contribution in [1.82, 2.24) is 24.8 Å². The van der Waals surface area contributed by atoms with Gasteiger partial charge in [0.1, 0.15) is 41.5 Å². The molecule has 0 aromatic carbocycles. The fourth-order valence-electron chi connectivity index (χ4n) is 4.27. The van der Waals surface area contributed by atoms with Crippen LogP contribution in [0.4, 0.5) is 5.13 Å². The molecule has 210 valence electrons. The van der Waals surface area contributed by atoms with Crippen LogP contribution in [0.2, 0.25) is 0 Å². The van der Waals surface area contributed by atoms with Crippen LogP contribution in [0.5, 0.6) is 0 Å². The number of oxime groups is 1. The molecule has 3 aromatic heterocycles. The number of aromatic nitrogens is 4. The number of imidazole rings is 1. The highest BCUT2D eigenvalue weighted by atomic mass is 32.2. The Bertz CT molecular complexity index is 1540. The number of aliphatic hydroxyl groups excluding tert-OH is 1. The third-order valence-corrected chi connectivity index (χ3v) is 8.91. The molecule has 5 rings (SSSR count). The van der Waals surface area contributed by atoms with Gasteiger partial charge in [0.05, 0.1) is 18.3 Å². The maximum Gasteiger partial charge on any atom is 0.307 e. The Morgan fingerprint density at radius 1 is 1.43 bits per heavy atom. The number of carboxylic acids is 1. The summed E-state index contributed by atoms with van der Waals surface area (Å²) in [5.74, 6) is -1.92. The summed E-state index contributed by atoms with van der Waals surface area (Å²) in [7, 11) is 0. The summed E-state index contributed by atoms with van der Waals surface area (Å²) in [5, 5.41) is 34.1. The van der Waals surface area contributed by atoms with Crippen LogP contribution in [-0.4, -0.2) is 84.2 Å². The normalized spacial score (nSPS) is 19.0. The second kappa shape index (κ2) is 11.8. The van der Waals surface area contributed by atoms with Crippen LogP contribution < -0.4 is 20.7 Å². The van der Waals surface area contributed by atoms with Crippen molar-refractivity contribution in [3.8, 4) is 0 Å². The van der Waals surface area contributed by atoms with Crippen molar-refractivity contribution in [1.29, 1.82) is 0 Å². The number of β-lactam (4-membered cyclic amide) rings is 1. The highest BCUT2D eigenvalue weighted by molar-refractivity contribution is 8.00. The van der Waals surface area contributed by atoms with Gasteiger partial charge in [0.2, 0.25) is 0 Å². The molecular weight excluding hydrogens is 581 g/mol. The van der Waals surface area contributed by atoms with E-state index in [1.54, 1.807) is 29.2 Å². The SMILES string of the molecule is CCO/N=C(\C(=O)N[C@@H]1C(=O)N2C(C(=O)[O-])=C(C[n+]3ccn4nc(SCCO)ccc43)CS[C@H]12)c1csc(N)n1. The molecule has 4 N–H and O–H groups in total. The average molecular weight is 605 g/mol. The smallest absolute Gasteiger partial charge is 0.307 e. The fraction of sp³-hybridized carbons (Fsp3) is 0.348. The number of hydrogen-bond acceptors (Lipinski definition) is 13. The van der Waals surface area contributed by atoms with Gasteiger partial charge >= 0.3 is 5.65 Å². The van der Waals surface area contributed by atoms with Gasteiger partial charge in [0.25, 0.3) is 11.8 Å². The first-order valence-corrected chi connectivity index (χ1v) is 15.0. The molecule has 2 aliphatic heterocycles. The zero-order chi connectivity index (χ0) is 28.4. The summed E-state index contributed by atoms with van der Waals surface area (Å²) in [6, 6.07) is 2.70. The number of aliphatic carboxylic acids is 1. The number of anilines is 1. The van der Waals surface area contributed by atoms with Crippen molar-refractivity contribution in [2.45, 2.75) is 29.9 Å². The van der Waals surface area contributed by atoms with Gasteiger partial charge in [-0.1, -0.05) is 10.3 Å². The molecule has 5 heterocycles. The molecule has 0 aliphatic carbocycles. The van der Waals surface area contributed by atoms with E-state index in [0.717, 1.165) is 26.9 Å². The summed E-state index contributed by atoms with van der Waals surface area (Å²) in [6.07, 6.45) is 3.51. The van der Waals surface area contributed by atoms with Crippen LogP contribution >= 0.6 is 34.9 Å². The van der Waals surface area contributed by atoms with Crippen molar-refractivity contribution < 1.29 is 34.0 Å². The van der Waals surface area contributed by atoms with E-state index in [-0.39, 0.29) is 42.0 Å². The molecule has 2 amide bonds. The molecule has 14 nitrogen and oxygen atoms in total. The molecule has 0 saturated carbocycles. The number of thiazole rings is 1. The second-order valence-corrected chi connectivity index (χ2v) is 11.6. The number of thioether (sulfide) groups is 2. The average Bonchev–Trinajstić information content (AvgIpc) is 3.55. The standard InChI is InChI=1S/C23H24N8O6S3/c1-2-37-28-16(13-11-40-23(24)25-13)19(33)26-17-20(34)31-18(22(35)36)12(10-39-21(17)31)9-29-5-6-30-15(29)4-3-14(27-30)38-8-7-32/h3-6,11,17,21,32H,2,7-10H2,1H3,(H3-,24,25,26,33,35,36)/b28-16-/t17-,21-/m1/s1. The minimum Gasteiger partial charge on any atom is -0.543 e. The number of hydrogen-bond donors (Lipinski definition) is 3. The number of rotatable bonds is 11. The van der Waals surface area contributed by atoms with Crippen LogP contribution in [0.1, 0.15) is 12.6 Å². The number of amides is 2. The second-order valence-electron chi connectivity index (χ2n) is 8.50. The van der Waals surface area contributed by atoms with Crippen LogP contribution in [0.25, 0.3) is 5.65 Å². The first-order valence-electron chi connectivity index (χ1n) is 12.0. The topological polar surface area (TPSA) is 191 Å². The van der Waals surface area contributed by atoms with Crippen LogP contribution in [-0.2, 0) is 25.8 Å². The number of carbonyl (C=O) groups excluding carboxylic acids is 3. The summed E-state index contributed by atoms with van der Waals surface area (Å²) in [5.41, 5.74) is 6.76. The van der Waals surface area contributed by atoms with Crippen LogP contribution in [0.3, 0.4) is 0 Å². The van der Waals surface area contributed by atoms with Gasteiger partial charge < -0.3 is 30.9 Å². The van der Waals surface area contributed by atoms with E-state index in [2.05, 4.69) is 20.6 Å². The summed E-state index contributed by atoms with van der Waals surface area (Å²) in [6.45, 7) is 2.15. The maximum atomic E-state index is 13.1. The lowest BCUT2D eigenvalue weighted by Gasteiger charge is -2.50. The molecule has 2 atom stereocenters. The Hall–Kier alpha value is -3.67. The van der Waals surface area contributed by atoms with Gasteiger partial charge in [-0.2, -0.15) is 0 Å². The van der Waals surface area contributed by atoms with Gasteiger partial charge in [0, 0.05) is 28.5 Å². The lowest BCUT2D eigenvalue weighted by atomic mass is 10.0. The third kappa shape index (κ3) is 5.36. The zero-order valence-electron chi connectivity index (χ0n) is 21.1. The number of nitrogens with one attached hydrogen (secondary N) is 1. The van der Waals surface area contributed by atoms with E-state index in [1.165, 1.54) is 23.5 Å². The van der Waals surface area contributed by atoms with Crippen LogP contribution in [0, 0.1) is 0 Å². The lowest BCUT2D eigenvalue weighted by molar-refractivity contribution is -0.662. The van der Waals surface area contributed by atoms with E-state index in [4.69, 9.17) is 15.7 Å². The summed E-state index contributed by atoms with van der Waals surface area (Å²) < 4.78 is 3.49. The van der Waals surface area contributed by atoms with Gasteiger partial charge in [-0.15, -0.1) is 39.4 Å². The lowest BCUT2D eigenvalue weighted by Crippen LogP contribution is -2.71. The van der Waals surface area contributed by atoms with Gasteiger partial charge in [0.15, 0.2) is 17.0 Å². The highest BCUT2D eigenvalue weighted by Crippen LogP contribution is 2.40. The molecule has 1 fully saturated rings. The van der Waals surface area contributed by atoms with Crippen molar-refractivity contribution in [3.05, 3.63) is 46.9 Å². The number of carbonyl (C=O) groups is 3. The number of nitrogens with zero attached hydrogens (tertiary/aromatic N) is 6. The van der Waals surface area contributed by atoms with Crippen molar-refractivity contribution in [2.75, 3.05) is 30.5 Å². The van der Waals surface area contributed by atoms with E-state index in [0.29, 0.717) is 17.1 Å². The number of aliphatic hydroxyl groups is 1. The molecule has 40 heavy (non-hydrogen) atoms. The number of nitrogen functional groups attached to an aromatic ring is 1. The monoisotopic (exact) mass is 604 g/mol. The van der Waals surface area contributed by atoms with Gasteiger partial charge in [-0.3, -0.25) is 14.5 Å². The number of carboxylic acid groups (broad SMARTS) is 1. The van der Waals surface area contributed by atoms with E-state index in [1.807, 2.05) is 16.7 Å². The molecule has 0 unspecified atom stereocenters. The van der Waals surface area contributed by atoms with Gasteiger partial charge in [-0.25, -0.2) is 9.55 Å². The first kappa shape index (κ1) is 27.9. The molecule has 1 saturated heterocycles. The van der Waals surface area contributed by atoms with Crippen molar-refractivity contribution in [2.24, 2.45) is 5.16 Å². The first-order chi connectivity index (χ1) is 19.3. The molecular formula is C23H24N8O6S3. The molecule has 2 aliphatic rings. The molecule has 17 heteroatoms. The number of nitrogens with two attached hydrogens (primary N) is 1. The van der Waals surface area contributed by atoms with E-state index >= 15 is 0 Å². The molecule has 0 radical (unpaired) electrons. The van der Waals surface area contributed by atoms with E-state index < -0.39 is 29.2 Å². The summed E-state index contributed by atoms with van der Waals surface area (Å²) in [4.78, 5) is 48.7. The minimum atomic E-state index is -1.47. The Balaban J connectivity index is 1.34. The zero-order valence-corrected chi connectivity index (χ0v) is 23.5. The highest BCUT2D eigenvalue weighted by Gasteiger charge is 2.53.